The minimum absolute atomic E-state index is 0.192. The lowest BCUT2D eigenvalue weighted by Gasteiger charge is -2.20. The fourth-order valence-corrected chi connectivity index (χ4v) is 1.85. The minimum atomic E-state index is -1.82. The first kappa shape index (κ1) is 22.9. The SMILES string of the molecule is CCC(C)c1ccc(OCCCNC(C)(C)C)cc1.O=C(O)C(=O)O. The quantitative estimate of drug-likeness (QED) is 0.513. The number of ether oxygens (including phenoxy) is 1. The zero-order chi connectivity index (χ0) is 19.5. The second-order valence-corrected chi connectivity index (χ2v) is 6.87. The van der Waals surface area contributed by atoms with Crippen molar-refractivity contribution in [3.8, 4) is 5.75 Å². The van der Waals surface area contributed by atoms with Crippen molar-refractivity contribution in [2.75, 3.05) is 13.2 Å². The van der Waals surface area contributed by atoms with Crippen LogP contribution in [0.2, 0.25) is 0 Å². The molecule has 0 aromatic heterocycles. The Labute approximate surface area is 150 Å². The summed E-state index contributed by atoms with van der Waals surface area (Å²) in [5.74, 6) is -2.04. The van der Waals surface area contributed by atoms with Gasteiger partial charge in [-0.05, 0) is 63.8 Å². The zero-order valence-electron chi connectivity index (χ0n) is 15.8. The summed E-state index contributed by atoms with van der Waals surface area (Å²) in [6.07, 6.45) is 2.21. The number of benzene rings is 1. The molecule has 1 atom stereocenters. The van der Waals surface area contributed by atoms with Gasteiger partial charge in [-0.15, -0.1) is 0 Å². The van der Waals surface area contributed by atoms with Gasteiger partial charge in [-0.25, -0.2) is 9.59 Å². The van der Waals surface area contributed by atoms with Crippen LogP contribution in [0.4, 0.5) is 0 Å². The lowest BCUT2D eigenvalue weighted by Crippen LogP contribution is -2.36. The third kappa shape index (κ3) is 12.0. The fraction of sp³-hybridized carbons (Fsp3) is 0.579. The molecule has 6 nitrogen and oxygen atoms in total. The van der Waals surface area contributed by atoms with Crippen molar-refractivity contribution in [1.29, 1.82) is 0 Å². The third-order valence-electron chi connectivity index (χ3n) is 3.49. The molecule has 1 unspecified atom stereocenters. The lowest BCUT2D eigenvalue weighted by molar-refractivity contribution is -0.159. The van der Waals surface area contributed by atoms with Crippen molar-refractivity contribution < 1.29 is 24.5 Å². The van der Waals surface area contributed by atoms with E-state index in [1.807, 2.05) is 0 Å². The summed E-state index contributed by atoms with van der Waals surface area (Å²) in [7, 11) is 0. The average Bonchev–Trinajstić information content (AvgIpc) is 2.53. The number of nitrogens with one attached hydrogen (secondary N) is 1. The summed E-state index contributed by atoms with van der Waals surface area (Å²) in [5, 5.41) is 18.2. The largest absolute Gasteiger partial charge is 0.494 e. The number of rotatable bonds is 7. The highest BCUT2D eigenvalue weighted by Gasteiger charge is 2.07. The van der Waals surface area contributed by atoms with Crippen molar-refractivity contribution in [3.05, 3.63) is 29.8 Å². The van der Waals surface area contributed by atoms with Gasteiger partial charge < -0.3 is 20.3 Å². The molecule has 6 heteroatoms. The maximum absolute atomic E-state index is 9.10. The molecule has 1 aromatic rings. The molecular weight excluding hydrogens is 322 g/mol. The highest BCUT2D eigenvalue weighted by Crippen LogP contribution is 2.21. The summed E-state index contributed by atoms with van der Waals surface area (Å²) in [6.45, 7) is 12.8. The first-order valence-corrected chi connectivity index (χ1v) is 8.50. The number of hydrogen-bond acceptors (Lipinski definition) is 4. The van der Waals surface area contributed by atoms with Crippen LogP contribution in [0.25, 0.3) is 0 Å². The van der Waals surface area contributed by atoms with Crippen molar-refractivity contribution >= 4 is 11.9 Å². The third-order valence-corrected chi connectivity index (χ3v) is 3.49. The molecule has 0 amide bonds. The van der Waals surface area contributed by atoms with Gasteiger partial charge in [0, 0.05) is 5.54 Å². The molecule has 1 aromatic carbocycles. The molecule has 0 saturated carbocycles. The van der Waals surface area contributed by atoms with Crippen LogP contribution in [-0.2, 0) is 9.59 Å². The molecule has 0 saturated heterocycles. The fourth-order valence-electron chi connectivity index (χ4n) is 1.85. The van der Waals surface area contributed by atoms with E-state index in [0.717, 1.165) is 25.3 Å². The van der Waals surface area contributed by atoms with Gasteiger partial charge in [0.05, 0.1) is 6.61 Å². The van der Waals surface area contributed by atoms with E-state index in [0.29, 0.717) is 5.92 Å². The summed E-state index contributed by atoms with van der Waals surface area (Å²) < 4.78 is 5.75. The summed E-state index contributed by atoms with van der Waals surface area (Å²) >= 11 is 0. The van der Waals surface area contributed by atoms with E-state index in [1.165, 1.54) is 12.0 Å². The van der Waals surface area contributed by atoms with Crippen molar-refractivity contribution in [3.63, 3.8) is 0 Å². The van der Waals surface area contributed by atoms with Crippen LogP contribution in [0.15, 0.2) is 24.3 Å². The van der Waals surface area contributed by atoms with Gasteiger partial charge >= 0.3 is 11.9 Å². The highest BCUT2D eigenvalue weighted by molar-refractivity contribution is 6.27. The van der Waals surface area contributed by atoms with Crippen LogP contribution in [0, 0.1) is 0 Å². The highest BCUT2D eigenvalue weighted by atomic mass is 16.5. The van der Waals surface area contributed by atoms with E-state index in [1.54, 1.807) is 0 Å². The number of carboxylic acid groups (broad SMARTS) is 2. The Morgan fingerprint density at radius 1 is 1.12 bits per heavy atom. The van der Waals surface area contributed by atoms with Crippen LogP contribution in [0.1, 0.15) is 58.9 Å². The molecule has 0 fully saturated rings. The van der Waals surface area contributed by atoms with Crippen LogP contribution in [0.5, 0.6) is 5.75 Å². The van der Waals surface area contributed by atoms with Crippen LogP contribution < -0.4 is 10.1 Å². The first-order valence-electron chi connectivity index (χ1n) is 8.50. The molecule has 1 rings (SSSR count). The number of carboxylic acids is 2. The average molecular weight is 353 g/mol. The van der Waals surface area contributed by atoms with E-state index < -0.39 is 11.9 Å². The van der Waals surface area contributed by atoms with Gasteiger partial charge in [-0.2, -0.15) is 0 Å². The van der Waals surface area contributed by atoms with Gasteiger partial charge in [0.15, 0.2) is 0 Å². The van der Waals surface area contributed by atoms with E-state index in [2.05, 4.69) is 64.2 Å². The number of hydrogen-bond donors (Lipinski definition) is 3. The molecule has 0 spiro atoms. The van der Waals surface area contributed by atoms with Gasteiger partial charge in [0.2, 0.25) is 0 Å². The second kappa shape index (κ2) is 11.5. The molecule has 0 radical (unpaired) electrons. The maximum atomic E-state index is 9.10. The Balaban J connectivity index is 0.000000823. The Morgan fingerprint density at radius 3 is 2.04 bits per heavy atom. The molecule has 3 N–H and O–H groups in total. The molecule has 0 aliphatic carbocycles. The van der Waals surface area contributed by atoms with Crippen LogP contribution in [-0.4, -0.2) is 40.8 Å². The first-order chi connectivity index (χ1) is 11.6. The smallest absolute Gasteiger partial charge is 0.414 e. The molecule has 142 valence electrons. The predicted octanol–water partition coefficient (Wildman–Crippen LogP) is 3.51. The standard InChI is InChI=1S/C17H29NO.C2H2O4/c1-6-14(2)15-8-10-16(11-9-15)19-13-7-12-18-17(3,4)5;3-1(4)2(5)6/h8-11,14,18H,6-7,12-13H2,1-5H3;(H,3,4)(H,5,6). The van der Waals surface area contributed by atoms with Gasteiger partial charge in [0.25, 0.3) is 0 Å². The van der Waals surface area contributed by atoms with Crippen LogP contribution >= 0.6 is 0 Å². The summed E-state index contributed by atoms with van der Waals surface area (Å²) in [4.78, 5) is 18.2. The molecule has 0 aliphatic rings. The Bertz CT molecular complexity index is 508. The van der Waals surface area contributed by atoms with Gasteiger partial charge in [-0.3, -0.25) is 0 Å². The van der Waals surface area contributed by atoms with Gasteiger partial charge in [-0.1, -0.05) is 26.0 Å². The molecule has 0 bridgehead atoms. The normalized spacial score (nSPS) is 11.9. The molecule has 0 heterocycles. The zero-order valence-corrected chi connectivity index (χ0v) is 15.8. The topological polar surface area (TPSA) is 95.9 Å². The minimum Gasteiger partial charge on any atom is -0.494 e. The van der Waals surface area contributed by atoms with Crippen molar-refractivity contribution in [1.82, 2.24) is 5.32 Å². The van der Waals surface area contributed by atoms with Gasteiger partial charge in [0.1, 0.15) is 5.75 Å². The second-order valence-electron chi connectivity index (χ2n) is 6.87. The van der Waals surface area contributed by atoms with Crippen molar-refractivity contribution in [2.45, 2.75) is 58.9 Å². The Hall–Kier alpha value is -2.08. The van der Waals surface area contributed by atoms with Crippen molar-refractivity contribution in [2.24, 2.45) is 0 Å². The van der Waals surface area contributed by atoms with Crippen LogP contribution in [0.3, 0.4) is 0 Å². The summed E-state index contributed by atoms with van der Waals surface area (Å²) in [6, 6.07) is 8.52. The van der Waals surface area contributed by atoms with E-state index >= 15 is 0 Å². The maximum Gasteiger partial charge on any atom is 0.414 e. The number of aliphatic carboxylic acids is 2. The van der Waals surface area contributed by atoms with E-state index in [9.17, 15) is 0 Å². The molecular formula is C19H31NO5. The Kier molecular flexibility index (Phi) is 10.5. The molecule has 25 heavy (non-hydrogen) atoms. The predicted molar refractivity (Wildman–Crippen MR) is 98.3 cm³/mol. The lowest BCUT2D eigenvalue weighted by atomic mass is 9.99. The number of carbonyl (C=O) groups is 2. The summed E-state index contributed by atoms with van der Waals surface area (Å²) in [5.41, 5.74) is 1.59. The Morgan fingerprint density at radius 2 is 1.64 bits per heavy atom. The van der Waals surface area contributed by atoms with E-state index in [4.69, 9.17) is 24.5 Å². The molecule has 0 aliphatic heterocycles. The van der Waals surface area contributed by atoms with E-state index in [-0.39, 0.29) is 5.54 Å². The monoisotopic (exact) mass is 353 g/mol.